The fraction of sp³-hybridized carbons (Fsp3) is 0.259. The second-order valence-corrected chi connectivity index (χ2v) is 8.11. The van der Waals surface area contributed by atoms with Crippen molar-refractivity contribution in [1.82, 2.24) is 14.4 Å². The van der Waals surface area contributed by atoms with Crippen LogP contribution in [-0.4, -0.2) is 60.7 Å². The molecule has 7 heteroatoms. The first kappa shape index (κ1) is 23.3. The van der Waals surface area contributed by atoms with Crippen molar-refractivity contribution in [2.45, 2.75) is 6.54 Å². The van der Waals surface area contributed by atoms with Gasteiger partial charge in [-0.15, -0.1) is 0 Å². The van der Waals surface area contributed by atoms with E-state index >= 15 is 0 Å². The lowest BCUT2D eigenvalue weighted by Crippen LogP contribution is -2.49. The fourth-order valence-corrected chi connectivity index (χ4v) is 4.07. The first-order chi connectivity index (χ1) is 16.6. The molecule has 7 nitrogen and oxygen atoms in total. The number of carbonyl (C=O) groups excluding carboxylic acids is 1. The van der Waals surface area contributed by atoms with Gasteiger partial charge in [0, 0.05) is 45.0 Å². The Morgan fingerprint density at radius 1 is 0.882 bits per heavy atom. The smallest absolute Gasteiger partial charge is 0.271 e. The highest BCUT2D eigenvalue weighted by atomic mass is 16.5. The lowest BCUT2D eigenvalue weighted by atomic mass is 10.1. The van der Waals surface area contributed by atoms with E-state index in [9.17, 15) is 9.59 Å². The Kier molecular flexibility index (Phi) is 7.44. The molecule has 0 spiro atoms. The van der Waals surface area contributed by atoms with Gasteiger partial charge < -0.3 is 14.4 Å². The van der Waals surface area contributed by atoms with E-state index in [4.69, 9.17) is 9.47 Å². The molecule has 1 fully saturated rings. The highest BCUT2D eigenvalue weighted by Crippen LogP contribution is 2.29. The summed E-state index contributed by atoms with van der Waals surface area (Å²) < 4.78 is 12.1. The van der Waals surface area contributed by atoms with Crippen molar-refractivity contribution in [3.63, 3.8) is 0 Å². The number of aromatic nitrogens is 1. The summed E-state index contributed by atoms with van der Waals surface area (Å²) in [5.74, 6) is 0.972. The third-order valence-corrected chi connectivity index (χ3v) is 5.92. The zero-order valence-electron chi connectivity index (χ0n) is 19.5. The van der Waals surface area contributed by atoms with Gasteiger partial charge in [-0.1, -0.05) is 42.5 Å². The molecule has 34 heavy (non-hydrogen) atoms. The van der Waals surface area contributed by atoms with Crippen LogP contribution in [0.2, 0.25) is 0 Å². The second-order valence-electron chi connectivity index (χ2n) is 8.11. The molecule has 0 radical (unpaired) electrons. The van der Waals surface area contributed by atoms with Gasteiger partial charge in [-0.3, -0.25) is 19.1 Å². The van der Waals surface area contributed by atoms with Crippen molar-refractivity contribution >= 4 is 17.7 Å². The average Bonchev–Trinajstić information content (AvgIpc) is 2.88. The summed E-state index contributed by atoms with van der Waals surface area (Å²) in [5.41, 5.74) is 2.03. The maximum atomic E-state index is 13.6. The molecule has 1 aliphatic heterocycles. The van der Waals surface area contributed by atoms with Crippen LogP contribution < -0.4 is 15.0 Å². The summed E-state index contributed by atoms with van der Waals surface area (Å²) in [6.07, 6.45) is 3.35. The van der Waals surface area contributed by atoms with Crippen LogP contribution in [0.3, 0.4) is 0 Å². The third kappa shape index (κ3) is 5.38. The zero-order chi connectivity index (χ0) is 23.9. The molecule has 2 aromatic carbocycles. The molecule has 0 bridgehead atoms. The molecule has 1 aromatic heterocycles. The van der Waals surface area contributed by atoms with Crippen LogP contribution in [0, 0.1) is 0 Å². The lowest BCUT2D eigenvalue weighted by Gasteiger charge is -2.35. The minimum Gasteiger partial charge on any atom is -0.493 e. The predicted molar refractivity (Wildman–Crippen MR) is 133 cm³/mol. The summed E-state index contributed by atoms with van der Waals surface area (Å²) in [5, 5.41) is 0. The van der Waals surface area contributed by atoms with Crippen LogP contribution in [0.5, 0.6) is 11.5 Å². The maximum Gasteiger partial charge on any atom is 0.271 e. The summed E-state index contributed by atoms with van der Waals surface area (Å²) in [6, 6.07) is 20.6. The molecule has 0 unspecified atom stereocenters. The van der Waals surface area contributed by atoms with E-state index in [0.29, 0.717) is 30.3 Å². The summed E-state index contributed by atoms with van der Waals surface area (Å²) in [6.45, 7) is 3.59. The average molecular weight is 460 g/mol. The minimum atomic E-state index is -0.259. The molecule has 0 N–H and O–H groups in total. The number of hydrogen-bond acceptors (Lipinski definition) is 5. The fourth-order valence-electron chi connectivity index (χ4n) is 4.07. The molecular weight excluding hydrogens is 430 g/mol. The largest absolute Gasteiger partial charge is 0.493 e. The van der Waals surface area contributed by atoms with Gasteiger partial charge in [0.1, 0.15) is 5.70 Å². The van der Waals surface area contributed by atoms with Crippen LogP contribution in [-0.2, 0) is 11.3 Å². The maximum absolute atomic E-state index is 13.6. The highest BCUT2D eigenvalue weighted by Gasteiger charge is 2.25. The molecular formula is C27H29N3O4. The van der Waals surface area contributed by atoms with E-state index < -0.39 is 0 Å². The number of nitrogens with zero attached hydrogens (tertiary/aromatic N) is 3. The van der Waals surface area contributed by atoms with Crippen molar-refractivity contribution in [3.8, 4) is 11.5 Å². The Morgan fingerprint density at radius 2 is 1.59 bits per heavy atom. The molecule has 0 atom stereocenters. The normalized spacial score (nSPS) is 14.6. The van der Waals surface area contributed by atoms with E-state index in [1.807, 2.05) is 29.2 Å². The number of amides is 1. The van der Waals surface area contributed by atoms with Crippen LogP contribution in [0.15, 0.2) is 77.7 Å². The summed E-state index contributed by atoms with van der Waals surface area (Å²) in [7, 11) is 3.14. The van der Waals surface area contributed by atoms with E-state index in [0.717, 1.165) is 25.2 Å². The van der Waals surface area contributed by atoms with Gasteiger partial charge in [-0.2, -0.15) is 0 Å². The van der Waals surface area contributed by atoms with Crippen LogP contribution in [0.4, 0.5) is 0 Å². The molecule has 0 aliphatic carbocycles. The van der Waals surface area contributed by atoms with E-state index in [1.165, 1.54) is 16.2 Å². The van der Waals surface area contributed by atoms with Gasteiger partial charge in [-0.25, -0.2) is 0 Å². The Labute approximate surface area is 199 Å². The van der Waals surface area contributed by atoms with Crippen LogP contribution in [0.1, 0.15) is 11.1 Å². The SMILES string of the molecule is COc1ccc(C=C(C(=O)N2CCN(Cc3ccccc3)CC2)n2ccccc2=O)cc1OC. The van der Waals surface area contributed by atoms with Crippen LogP contribution >= 0.6 is 0 Å². The number of carbonyl (C=O) groups is 1. The Hall–Kier alpha value is -3.84. The Bertz CT molecular complexity index is 1210. The Morgan fingerprint density at radius 3 is 2.26 bits per heavy atom. The third-order valence-electron chi connectivity index (χ3n) is 5.92. The minimum absolute atomic E-state index is 0.178. The van der Waals surface area contributed by atoms with Crippen molar-refractivity contribution in [2.75, 3.05) is 40.4 Å². The number of benzene rings is 2. The molecule has 176 valence electrons. The zero-order valence-corrected chi connectivity index (χ0v) is 19.5. The van der Waals surface area contributed by atoms with E-state index in [1.54, 1.807) is 50.8 Å². The molecule has 2 heterocycles. The quantitative estimate of drug-likeness (QED) is 0.508. The van der Waals surface area contributed by atoms with Crippen molar-refractivity contribution in [2.24, 2.45) is 0 Å². The van der Waals surface area contributed by atoms with Crippen molar-refractivity contribution in [1.29, 1.82) is 0 Å². The topological polar surface area (TPSA) is 64.0 Å². The van der Waals surface area contributed by atoms with Gasteiger partial charge in [0.25, 0.3) is 11.5 Å². The lowest BCUT2D eigenvalue weighted by molar-refractivity contribution is -0.127. The number of ether oxygens (including phenoxy) is 2. The van der Waals surface area contributed by atoms with E-state index in [2.05, 4.69) is 17.0 Å². The van der Waals surface area contributed by atoms with Gasteiger partial charge in [0.05, 0.1) is 14.2 Å². The van der Waals surface area contributed by atoms with Gasteiger partial charge in [-0.05, 0) is 35.4 Å². The van der Waals surface area contributed by atoms with Gasteiger partial charge >= 0.3 is 0 Å². The molecule has 1 amide bonds. The Balaban J connectivity index is 1.58. The molecule has 0 saturated carbocycles. The predicted octanol–water partition coefficient (Wildman–Crippen LogP) is 3.21. The monoisotopic (exact) mass is 459 g/mol. The summed E-state index contributed by atoms with van der Waals surface area (Å²) in [4.78, 5) is 30.4. The summed E-state index contributed by atoms with van der Waals surface area (Å²) >= 11 is 0. The molecule has 3 aromatic rings. The molecule has 1 saturated heterocycles. The number of piperazine rings is 1. The van der Waals surface area contributed by atoms with Crippen molar-refractivity contribution in [3.05, 3.63) is 94.4 Å². The highest BCUT2D eigenvalue weighted by molar-refractivity contribution is 6.18. The molecule has 4 rings (SSSR count). The van der Waals surface area contributed by atoms with E-state index in [-0.39, 0.29) is 11.5 Å². The number of methoxy groups -OCH3 is 2. The molecule has 1 aliphatic rings. The number of hydrogen-bond donors (Lipinski definition) is 0. The first-order valence-corrected chi connectivity index (χ1v) is 11.3. The first-order valence-electron chi connectivity index (χ1n) is 11.3. The number of rotatable bonds is 7. The van der Waals surface area contributed by atoms with Gasteiger partial charge in [0.2, 0.25) is 0 Å². The van der Waals surface area contributed by atoms with Gasteiger partial charge in [0.15, 0.2) is 11.5 Å². The standard InChI is InChI=1S/C27H29N3O4/c1-33-24-12-11-22(19-25(24)34-2)18-23(30-13-7-6-10-26(30)31)27(32)29-16-14-28(15-17-29)20-21-8-4-3-5-9-21/h3-13,18-19H,14-17,20H2,1-2H3. The van der Waals surface area contributed by atoms with Crippen molar-refractivity contribution < 1.29 is 14.3 Å². The second kappa shape index (κ2) is 10.9. The number of pyridine rings is 1. The van der Waals surface area contributed by atoms with Crippen LogP contribution in [0.25, 0.3) is 11.8 Å².